The molecule has 0 aliphatic rings. The lowest BCUT2D eigenvalue weighted by Crippen LogP contribution is -1.97. The fraction of sp³-hybridized carbons (Fsp3) is 0.0588. The van der Waals surface area contributed by atoms with Crippen molar-refractivity contribution >= 4 is 5.97 Å². The fourth-order valence-corrected chi connectivity index (χ4v) is 2.17. The van der Waals surface area contributed by atoms with Gasteiger partial charge in [-0.25, -0.2) is 4.79 Å². The van der Waals surface area contributed by atoms with Crippen LogP contribution in [0.15, 0.2) is 59.3 Å². The third-order valence-corrected chi connectivity index (χ3v) is 3.29. The zero-order valence-electron chi connectivity index (χ0n) is 11.4. The monoisotopic (exact) mass is 279 g/mol. The van der Waals surface area contributed by atoms with Crippen LogP contribution in [-0.2, 0) is 0 Å². The number of hydrogen-bond donors (Lipinski definition) is 1. The second kappa shape index (κ2) is 5.25. The number of hydrogen-bond acceptors (Lipinski definition) is 3. The zero-order chi connectivity index (χ0) is 14.8. The number of rotatable bonds is 3. The van der Waals surface area contributed by atoms with E-state index in [1.807, 2.05) is 37.3 Å². The van der Waals surface area contributed by atoms with Gasteiger partial charge in [-0.1, -0.05) is 35.0 Å². The Morgan fingerprint density at radius 3 is 2.33 bits per heavy atom. The Morgan fingerprint density at radius 2 is 1.71 bits per heavy atom. The Balaban J connectivity index is 2.16. The predicted octanol–water partition coefficient (Wildman–Crippen LogP) is 4.02. The van der Waals surface area contributed by atoms with Crippen LogP contribution in [0.5, 0.6) is 0 Å². The zero-order valence-corrected chi connectivity index (χ0v) is 11.4. The van der Waals surface area contributed by atoms with Gasteiger partial charge in [-0.15, -0.1) is 0 Å². The normalized spacial score (nSPS) is 10.5. The number of aromatic nitrogens is 1. The van der Waals surface area contributed by atoms with E-state index < -0.39 is 5.97 Å². The van der Waals surface area contributed by atoms with Gasteiger partial charge in [0.1, 0.15) is 0 Å². The first-order valence-electron chi connectivity index (χ1n) is 6.50. The highest BCUT2D eigenvalue weighted by molar-refractivity contribution is 5.91. The molecule has 1 N–H and O–H groups in total. The van der Waals surface area contributed by atoms with E-state index in [4.69, 9.17) is 4.52 Å². The van der Waals surface area contributed by atoms with E-state index in [9.17, 15) is 9.90 Å². The van der Waals surface area contributed by atoms with Gasteiger partial charge in [-0.2, -0.15) is 0 Å². The average Bonchev–Trinajstić information content (AvgIpc) is 3.02. The summed E-state index contributed by atoms with van der Waals surface area (Å²) in [5.41, 5.74) is 3.87. The first-order valence-corrected chi connectivity index (χ1v) is 6.50. The van der Waals surface area contributed by atoms with Crippen LogP contribution in [-0.4, -0.2) is 16.2 Å². The number of aryl methyl sites for hydroxylation is 1. The molecule has 0 amide bonds. The molecule has 3 aromatic rings. The molecule has 0 radical (unpaired) electrons. The predicted molar refractivity (Wildman–Crippen MR) is 79.1 cm³/mol. The molecule has 0 saturated carbocycles. The minimum atomic E-state index is -0.968. The maximum atomic E-state index is 11.3. The molecule has 0 saturated heterocycles. The van der Waals surface area contributed by atoms with Crippen molar-refractivity contribution in [3.8, 4) is 22.5 Å². The fourth-order valence-electron chi connectivity index (χ4n) is 2.17. The van der Waals surface area contributed by atoms with Crippen LogP contribution >= 0.6 is 0 Å². The molecule has 0 unspecified atom stereocenters. The summed E-state index contributed by atoms with van der Waals surface area (Å²) in [6.07, 6.45) is 1.54. The lowest BCUT2D eigenvalue weighted by molar-refractivity contribution is 0.0697. The van der Waals surface area contributed by atoms with E-state index in [0.717, 1.165) is 16.7 Å². The van der Waals surface area contributed by atoms with Crippen molar-refractivity contribution in [2.24, 2.45) is 0 Å². The van der Waals surface area contributed by atoms with Crippen LogP contribution in [0, 0.1) is 6.92 Å². The number of carboxylic acids is 1. The third kappa shape index (κ3) is 2.69. The topological polar surface area (TPSA) is 63.3 Å². The molecule has 1 aromatic heterocycles. The molecule has 0 spiro atoms. The molecule has 0 aliphatic carbocycles. The Labute approximate surface area is 121 Å². The molecular weight excluding hydrogens is 266 g/mol. The lowest BCUT2D eigenvalue weighted by atomic mass is 9.98. The van der Waals surface area contributed by atoms with Crippen LogP contribution in [0.3, 0.4) is 0 Å². The Hall–Kier alpha value is -2.88. The van der Waals surface area contributed by atoms with Gasteiger partial charge in [0.2, 0.25) is 0 Å². The van der Waals surface area contributed by atoms with Crippen LogP contribution < -0.4 is 0 Å². The van der Waals surface area contributed by atoms with Crippen LogP contribution in [0.1, 0.15) is 15.9 Å². The summed E-state index contributed by atoms with van der Waals surface area (Å²) in [5, 5.41) is 12.9. The molecule has 1 heterocycles. The summed E-state index contributed by atoms with van der Waals surface area (Å²) >= 11 is 0. The summed E-state index contributed by atoms with van der Waals surface area (Å²) < 4.78 is 5.12. The van der Waals surface area contributed by atoms with Gasteiger partial charge in [0, 0.05) is 11.6 Å². The van der Waals surface area contributed by atoms with E-state index >= 15 is 0 Å². The lowest BCUT2D eigenvalue weighted by Gasteiger charge is -2.07. The van der Waals surface area contributed by atoms with Gasteiger partial charge in [0.25, 0.3) is 0 Å². The third-order valence-electron chi connectivity index (χ3n) is 3.29. The minimum absolute atomic E-state index is 0.222. The van der Waals surface area contributed by atoms with E-state index in [0.29, 0.717) is 11.3 Å². The maximum absolute atomic E-state index is 11.3. The highest BCUT2D eigenvalue weighted by Crippen LogP contribution is 2.28. The number of carbonyl (C=O) groups is 1. The molecule has 104 valence electrons. The van der Waals surface area contributed by atoms with Gasteiger partial charge in [0.15, 0.2) is 5.76 Å². The number of benzene rings is 2. The first-order chi connectivity index (χ1) is 10.1. The Kier molecular flexibility index (Phi) is 3.28. The van der Waals surface area contributed by atoms with Gasteiger partial charge in [-0.3, -0.25) is 0 Å². The molecule has 0 atom stereocenters. The molecule has 2 aromatic carbocycles. The Morgan fingerprint density at radius 1 is 1.00 bits per heavy atom. The summed E-state index contributed by atoms with van der Waals surface area (Å²) in [6.45, 7) is 2.01. The van der Waals surface area contributed by atoms with Crippen molar-refractivity contribution in [3.05, 3.63) is 65.9 Å². The summed E-state index contributed by atoms with van der Waals surface area (Å²) in [5.74, 6) is -0.420. The van der Waals surface area contributed by atoms with Crippen molar-refractivity contribution in [2.75, 3.05) is 0 Å². The molecule has 3 rings (SSSR count). The van der Waals surface area contributed by atoms with Gasteiger partial charge in [-0.05, 0) is 36.2 Å². The van der Waals surface area contributed by atoms with E-state index in [2.05, 4.69) is 5.16 Å². The van der Waals surface area contributed by atoms with Crippen LogP contribution in [0.2, 0.25) is 0 Å². The van der Waals surface area contributed by atoms with Crippen molar-refractivity contribution in [1.29, 1.82) is 0 Å². The second-order valence-corrected chi connectivity index (χ2v) is 4.85. The highest BCUT2D eigenvalue weighted by Gasteiger charge is 2.11. The van der Waals surface area contributed by atoms with Crippen LogP contribution in [0.25, 0.3) is 22.5 Å². The van der Waals surface area contributed by atoms with Crippen molar-refractivity contribution < 1.29 is 14.4 Å². The maximum Gasteiger partial charge on any atom is 0.335 e. The average molecular weight is 279 g/mol. The smallest absolute Gasteiger partial charge is 0.335 e. The van der Waals surface area contributed by atoms with Crippen molar-refractivity contribution in [3.63, 3.8) is 0 Å². The van der Waals surface area contributed by atoms with Gasteiger partial charge in [0.05, 0.1) is 11.8 Å². The molecule has 0 aliphatic heterocycles. The van der Waals surface area contributed by atoms with Gasteiger partial charge < -0.3 is 9.63 Å². The van der Waals surface area contributed by atoms with E-state index in [1.54, 1.807) is 18.2 Å². The number of carboxylic acid groups (broad SMARTS) is 1. The molecule has 0 fully saturated rings. The second-order valence-electron chi connectivity index (χ2n) is 4.85. The van der Waals surface area contributed by atoms with Crippen LogP contribution in [0.4, 0.5) is 0 Å². The molecular formula is C17H13NO3. The molecule has 0 bridgehead atoms. The van der Waals surface area contributed by atoms with E-state index in [-0.39, 0.29) is 5.56 Å². The number of nitrogens with zero attached hydrogens (tertiary/aromatic N) is 1. The summed E-state index contributed by atoms with van der Waals surface area (Å²) in [6, 6.07) is 14.8. The van der Waals surface area contributed by atoms with Crippen molar-refractivity contribution in [1.82, 2.24) is 5.16 Å². The largest absolute Gasteiger partial charge is 0.478 e. The summed E-state index contributed by atoms with van der Waals surface area (Å²) in [7, 11) is 0. The Bertz CT molecular complexity index is 774. The number of aromatic carboxylic acids is 1. The quantitative estimate of drug-likeness (QED) is 0.786. The molecule has 4 heteroatoms. The minimum Gasteiger partial charge on any atom is -0.478 e. The highest BCUT2D eigenvalue weighted by atomic mass is 16.5. The SMILES string of the molecule is Cc1ccc(-c2cc(C(=O)O)cc(-c3ccno3)c2)cc1. The molecule has 21 heavy (non-hydrogen) atoms. The molecule has 4 nitrogen and oxygen atoms in total. The standard InChI is InChI=1S/C17H13NO3/c1-11-2-4-12(5-3-11)13-8-14(16-6-7-18-21-16)10-15(9-13)17(19)20/h2-10H,1H3,(H,19,20). The summed E-state index contributed by atoms with van der Waals surface area (Å²) in [4.78, 5) is 11.3. The first kappa shape index (κ1) is 13.1. The van der Waals surface area contributed by atoms with Crippen molar-refractivity contribution in [2.45, 2.75) is 6.92 Å². The van der Waals surface area contributed by atoms with E-state index in [1.165, 1.54) is 6.20 Å². The van der Waals surface area contributed by atoms with Gasteiger partial charge >= 0.3 is 5.97 Å².